The normalized spacial score (nSPS) is 17.0. The predicted octanol–water partition coefficient (Wildman–Crippen LogP) is 4.62. The van der Waals surface area contributed by atoms with E-state index in [0.29, 0.717) is 35.4 Å². The Bertz CT molecular complexity index is 783. The number of rotatable bonds is 4. The van der Waals surface area contributed by atoms with Crippen molar-refractivity contribution < 1.29 is 9.59 Å². The van der Waals surface area contributed by atoms with Crippen molar-refractivity contribution in [2.24, 2.45) is 5.92 Å². The molecule has 0 spiro atoms. The van der Waals surface area contributed by atoms with Crippen LogP contribution in [0.1, 0.15) is 17.7 Å². The summed E-state index contributed by atoms with van der Waals surface area (Å²) in [6, 6.07) is 8.72. The number of piperidine rings is 1. The molecular weight excluding hydrogens is 393 g/mol. The lowest BCUT2D eigenvalue weighted by molar-refractivity contribution is -0.121. The number of urea groups is 1. The van der Waals surface area contributed by atoms with Gasteiger partial charge in [-0.25, -0.2) is 4.79 Å². The molecule has 138 valence electrons. The largest absolute Gasteiger partial charge is 0.333 e. The van der Waals surface area contributed by atoms with E-state index in [0.717, 1.165) is 17.7 Å². The summed E-state index contributed by atoms with van der Waals surface area (Å²) in [5, 5.41) is 8.64. The van der Waals surface area contributed by atoms with E-state index in [9.17, 15) is 9.59 Å². The molecule has 2 heterocycles. The first kappa shape index (κ1) is 19.0. The minimum atomic E-state index is -0.272. The Morgan fingerprint density at radius 3 is 2.88 bits per heavy atom. The molecule has 2 aromatic rings. The van der Waals surface area contributed by atoms with Crippen molar-refractivity contribution in [1.82, 2.24) is 10.2 Å². The molecule has 3 amide bonds. The highest BCUT2D eigenvalue weighted by Crippen LogP contribution is 2.27. The highest BCUT2D eigenvalue weighted by Gasteiger charge is 2.28. The van der Waals surface area contributed by atoms with Gasteiger partial charge >= 0.3 is 6.03 Å². The van der Waals surface area contributed by atoms with E-state index in [4.69, 9.17) is 23.2 Å². The van der Waals surface area contributed by atoms with Crippen LogP contribution in [0.5, 0.6) is 0 Å². The molecule has 0 radical (unpaired) electrons. The third kappa shape index (κ3) is 4.90. The maximum absolute atomic E-state index is 12.6. The van der Waals surface area contributed by atoms with Crippen LogP contribution in [0.3, 0.4) is 0 Å². The number of benzene rings is 1. The van der Waals surface area contributed by atoms with Gasteiger partial charge in [0, 0.05) is 23.0 Å². The van der Waals surface area contributed by atoms with Gasteiger partial charge in [-0.2, -0.15) is 0 Å². The van der Waals surface area contributed by atoms with E-state index < -0.39 is 0 Å². The van der Waals surface area contributed by atoms with Gasteiger partial charge in [0.2, 0.25) is 5.91 Å². The van der Waals surface area contributed by atoms with Gasteiger partial charge in [-0.15, -0.1) is 11.3 Å². The molecule has 3 rings (SSSR count). The molecule has 1 aliphatic rings. The maximum atomic E-state index is 12.6. The second kappa shape index (κ2) is 8.75. The van der Waals surface area contributed by atoms with E-state index in [1.807, 2.05) is 17.5 Å². The van der Waals surface area contributed by atoms with E-state index >= 15 is 0 Å². The van der Waals surface area contributed by atoms with Gasteiger partial charge in [-0.1, -0.05) is 29.3 Å². The molecule has 1 aliphatic heterocycles. The van der Waals surface area contributed by atoms with E-state index in [2.05, 4.69) is 10.6 Å². The first-order valence-corrected chi connectivity index (χ1v) is 9.97. The van der Waals surface area contributed by atoms with Crippen LogP contribution in [0.15, 0.2) is 35.7 Å². The quantitative estimate of drug-likeness (QED) is 0.770. The van der Waals surface area contributed by atoms with Gasteiger partial charge in [-0.3, -0.25) is 4.79 Å². The first-order valence-electron chi connectivity index (χ1n) is 8.34. The van der Waals surface area contributed by atoms with Crippen molar-refractivity contribution in [3.05, 3.63) is 50.6 Å². The second-order valence-corrected chi connectivity index (χ2v) is 8.01. The predicted molar refractivity (Wildman–Crippen MR) is 106 cm³/mol. The fourth-order valence-electron chi connectivity index (χ4n) is 2.89. The van der Waals surface area contributed by atoms with Crippen molar-refractivity contribution in [2.45, 2.75) is 19.4 Å². The first-order chi connectivity index (χ1) is 12.5. The van der Waals surface area contributed by atoms with Crippen molar-refractivity contribution in [3.8, 4) is 0 Å². The van der Waals surface area contributed by atoms with E-state index in [1.165, 1.54) is 0 Å². The monoisotopic (exact) mass is 411 g/mol. The van der Waals surface area contributed by atoms with Gasteiger partial charge < -0.3 is 15.5 Å². The smallest absolute Gasteiger partial charge is 0.317 e. The van der Waals surface area contributed by atoms with Crippen LogP contribution < -0.4 is 10.6 Å². The molecule has 1 atom stereocenters. The number of halogens is 2. The summed E-state index contributed by atoms with van der Waals surface area (Å²) in [5.41, 5.74) is 0.489. The van der Waals surface area contributed by atoms with Crippen molar-refractivity contribution in [1.29, 1.82) is 0 Å². The van der Waals surface area contributed by atoms with Crippen molar-refractivity contribution in [3.63, 3.8) is 0 Å². The molecule has 1 unspecified atom stereocenters. The molecule has 0 bridgehead atoms. The minimum Gasteiger partial charge on any atom is -0.333 e. The number of likely N-dealkylation sites (tertiary alicyclic amines) is 1. The van der Waals surface area contributed by atoms with Crippen LogP contribution in [-0.2, 0) is 11.3 Å². The van der Waals surface area contributed by atoms with Crippen LogP contribution in [0.2, 0.25) is 10.0 Å². The lowest BCUT2D eigenvalue weighted by Crippen LogP contribution is -2.47. The summed E-state index contributed by atoms with van der Waals surface area (Å²) in [6.45, 7) is 1.54. The molecular formula is C18H19Cl2N3O2S. The zero-order valence-electron chi connectivity index (χ0n) is 14.0. The van der Waals surface area contributed by atoms with Gasteiger partial charge in [0.25, 0.3) is 0 Å². The number of carbonyl (C=O) groups excluding carboxylic acids is 2. The fourth-order valence-corrected chi connectivity index (χ4v) is 3.87. The standard InChI is InChI=1S/C18H19Cl2N3O2S/c19-13-5-6-15(20)16(9-13)22-17(24)12-3-1-7-23(11-12)18(25)21-10-14-4-2-8-26-14/h2,4-6,8-9,12H,1,3,7,10-11H2,(H,21,25)(H,22,24). The van der Waals surface area contributed by atoms with Crippen LogP contribution in [0.4, 0.5) is 10.5 Å². The van der Waals surface area contributed by atoms with Crippen LogP contribution in [0, 0.1) is 5.92 Å². The lowest BCUT2D eigenvalue weighted by atomic mass is 9.97. The van der Waals surface area contributed by atoms with Crippen LogP contribution >= 0.6 is 34.5 Å². The number of nitrogens with zero attached hydrogens (tertiary/aromatic N) is 1. The average molecular weight is 412 g/mol. The Morgan fingerprint density at radius 1 is 1.27 bits per heavy atom. The molecule has 0 saturated carbocycles. The summed E-state index contributed by atoms with van der Waals surface area (Å²) in [7, 11) is 0. The number of anilines is 1. The molecule has 26 heavy (non-hydrogen) atoms. The average Bonchev–Trinajstić information content (AvgIpc) is 3.16. The Kier molecular flexibility index (Phi) is 6.40. The molecule has 5 nitrogen and oxygen atoms in total. The number of nitrogens with one attached hydrogen (secondary N) is 2. The third-order valence-electron chi connectivity index (χ3n) is 4.26. The summed E-state index contributed by atoms with van der Waals surface area (Å²) in [4.78, 5) is 27.7. The number of hydrogen-bond acceptors (Lipinski definition) is 3. The Labute approximate surface area is 166 Å². The number of hydrogen-bond donors (Lipinski definition) is 2. The van der Waals surface area contributed by atoms with Crippen molar-refractivity contribution >= 4 is 52.2 Å². The Morgan fingerprint density at radius 2 is 2.12 bits per heavy atom. The summed E-state index contributed by atoms with van der Waals surface area (Å²) in [6.07, 6.45) is 1.52. The maximum Gasteiger partial charge on any atom is 0.317 e. The van der Waals surface area contributed by atoms with Crippen molar-refractivity contribution in [2.75, 3.05) is 18.4 Å². The summed E-state index contributed by atoms with van der Waals surface area (Å²) in [5.74, 6) is -0.420. The SMILES string of the molecule is O=C(Nc1cc(Cl)ccc1Cl)C1CCCN(C(=O)NCc2cccs2)C1. The van der Waals surface area contributed by atoms with E-state index in [1.54, 1.807) is 34.4 Å². The Balaban J connectivity index is 1.56. The van der Waals surface area contributed by atoms with Gasteiger partial charge in [0.1, 0.15) is 0 Å². The van der Waals surface area contributed by atoms with Crippen LogP contribution in [0.25, 0.3) is 0 Å². The number of carbonyl (C=O) groups is 2. The topological polar surface area (TPSA) is 61.4 Å². The summed E-state index contributed by atoms with van der Waals surface area (Å²) >= 11 is 13.7. The number of amides is 3. The van der Waals surface area contributed by atoms with Gasteiger partial charge in [0.05, 0.1) is 23.2 Å². The molecule has 1 saturated heterocycles. The van der Waals surface area contributed by atoms with Gasteiger partial charge in [0.15, 0.2) is 0 Å². The summed E-state index contributed by atoms with van der Waals surface area (Å²) < 4.78 is 0. The lowest BCUT2D eigenvalue weighted by Gasteiger charge is -2.32. The van der Waals surface area contributed by atoms with Gasteiger partial charge in [-0.05, 0) is 42.5 Å². The highest BCUT2D eigenvalue weighted by molar-refractivity contribution is 7.09. The number of thiophene rings is 1. The molecule has 2 N–H and O–H groups in total. The molecule has 1 aromatic carbocycles. The molecule has 1 aromatic heterocycles. The molecule has 0 aliphatic carbocycles. The third-order valence-corrected chi connectivity index (χ3v) is 5.70. The fraction of sp³-hybridized carbons (Fsp3) is 0.333. The zero-order valence-corrected chi connectivity index (χ0v) is 16.3. The molecule has 1 fully saturated rings. The minimum absolute atomic E-state index is 0.142. The van der Waals surface area contributed by atoms with E-state index in [-0.39, 0.29) is 17.9 Å². The Hall–Kier alpha value is -1.76. The van der Waals surface area contributed by atoms with Crippen LogP contribution in [-0.4, -0.2) is 29.9 Å². The zero-order chi connectivity index (χ0) is 18.5. The second-order valence-electron chi connectivity index (χ2n) is 6.14. The highest BCUT2D eigenvalue weighted by atomic mass is 35.5. The molecule has 8 heteroatoms.